The molecule has 0 fully saturated rings. The number of halogens is 1. The fourth-order valence-corrected chi connectivity index (χ4v) is 0.426. The van der Waals surface area contributed by atoms with Gasteiger partial charge in [-0.05, 0) is 6.42 Å². The predicted octanol–water partition coefficient (Wildman–Crippen LogP) is 1.94. The number of carboxylic acid groups (broad SMARTS) is 1. The summed E-state index contributed by atoms with van der Waals surface area (Å²) in [5.74, 6) is -0.981. The second-order valence-electron chi connectivity index (χ2n) is 1.49. The molecular weight excluding hydrogens is 210 g/mol. The highest BCUT2D eigenvalue weighted by Crippen LogP contribution is 1.89. The monoisotopic (exact) mass is 219 g/mol. The SMILES string of the molecule is C=CC(=O)O.N#CCCCBr. The van der Waals surface area contributed by atoms with Crippen molar-refractivity contribution in [2.45, 2.75) is 12.8 Å². The lowest BCUT2D eigenvalue weighted by Gasteiger charge is -1.75. The molecule has 0 aromatic heterocycles. The first-order chi connectivity index (χ1) is 5.18. The Morgan fingerprint density at radius 1 is 1.82 bits per heavy atom. The summed E-state index contributed by atoms with van der Waals surface area (Å²) in [6, 6.07) is 2.04. The molecule has 0 radical (unpaired) electrons. The van der Waals surface area contributed by atoms with Gasteiger partial charge in [0.05, 0.1) is 6.07 Å². The molecule has 0 rings (SSSR count). The highest BCUT2D eigenvalue weighted by molar-refractivity contribution is 9.09. The summed E-state index contributed by atoms with van der Waals surface area (Å²) in [6.07, 6.45) is 2.47. The van der Waals surface area contributed by atoms with Gasteiger partial charge in [0, 0.05) is 17.8 Å². The van der Waals surface area contributed by atoms with Crippen LogP contribution in [0.5, 0.6) is 0 Å². The molecule has 62 valence electrons. The van der Waals surface area contributed by atoms with Gasteiger partial charge in [0.1, 0.15) is 0 Å². The summed E-state index contributed by atoms with van der Waals surface area (Å²) in [7, 11) is 0. The van der Waals surface area contributed by atoms with Crippen LogP contribution in [0.2, 0.25) is 0 Å². The van der Waals surface area contributed by atoms with Crippen LogP contribution >= 0.6 is 15.9 Å². The van der Waals surface area contributed by atoms with Crippen molar-refractivity contribution in [2.24, 2.45) is 0 Å². The number of rotatable bonds is 3. The van der Waals surface area contributed by atoms with Gasteiger partial charge in [-0.25, -0.2) is 4.79 Å². The molecule has 0 atom stereocenters. The summed E-state index contributed by atoms with van der Waals surface area (Å²) < 4.78 is 0. The number of hydrogen-bond acceptors (Lipinski definition) is 2. The van der Waals surface area contributed by atoms with Crippen LogP contribution in [0, 0.1) is 11.3 Å². The number of aliphatic carboxylic acids is 1. The molecule has 0 aromatic carbocycles. The van der Waals surface area contributed by atoms with Crippen molar-refractivity contribution in [1.29, 1.82) is 5.26 Å². The summed E-state index contributed by atoms with van der Waals surface area (Å²) in [6.45, 7) is 2.96. The second-order valence-corrected chi connectivity index (χ2v) is 2.29. The molecular formula is C7H10BrNO2. The Morgan fingerprint density at radius 3 is 2.36 bits per heavy atom. The van der Waals surface area contributed by atoms with E-state index in [4.69, 9.17) is 10.4 Å². The Balaban J connectivity index is 0. The van der Waals surface area contributed by atoms with Crippen LogP contribution in [0.4, 0.5) is 0 Å². The molecule has 1 N–H and O–H groups in total. The van der Waals surface area contributed by atoms with Gasteiger partial charge < -0.3 is 5.11 Å². The van der Waals surface area contributed by atoms with Crippen LogP contribution in [0.25, 0.3) is 0 Å². The molecule has 0 amide bonds. The van der Waals surface area contributed by atoms with Gasteiger partial charge in [0.2, 0.25) is 0 Å². The van der Waals surface area contributed by atoms with Crippen LogP contribution in [-0.2, 0) is 4.79 Å². The topological polar surface area (TPSA) is 61.1 Å². The zero-order valence-electron chi connectivity index (χ0n) is 6.09. The third-order valence-corrected chi connectivity index (χ3v) is 1.16. The number of hydrogen-bond donors (Lipinski definition) is 1. The summed E-state index contributed by atoms with van der Waals surface area (Å²) >= 11 is 3.20. The van der Waals surface area contributed by atoms with Crippen molar-refractivity contribution in [2.75, 3.05) is 5.33 Å². The van der Waals surface area contributed by atoms with Gasteiger partial charge in [0.15, 0.2) is 0 Å². The van der Waals surface area contributed by atoms with Gasteiger partial charge in [0.25, 0.3) is 0 Å². The van der Waals surface area contributed by atoms with E-state index in [1.807, 2.05) is 6.07 Å². The van der Waals surface area contributed by atoms with E-state index >= 15 is 0 Å². The third-order valence-electron chi connectivity index (χ3n) is 0.597. The van der Waals surface area contributed by atoms with Crippen LogP contribution in [0.1, 0.15) is 12.8 Å². The van der Waals surface area contributed by atoms with Crippen molar-refractivity contribution in [1.82, 2.24) is 0 Å². The molecule has 0 saturated heterocycles. The number of carbonyl (C=O) groups is 1. The largest absolute Gasteiger partial charge is 0.478 e. The highest BCUT2D eigenvalue weighted by Gasteiger charge is 1.75. The zero-order valence-corrected chi connectivity index (χ0v) is 7.67. The molecule has 0 aromatic rings. The van der Waals surface area contributed by atoms with Gasteiger partial charge >= 0.3 is 5.97 Å². The van der Waals surface area contributed by atoms with Crippen molar-refractivity contribution in [3.8, 4) is 6.07 Å². The molecule has 0 bridgehead atoms. The summed E-state index contributed by atoms with van der Waals surface area (Å²) in [5.41, 5.74) is 0. The maximum absolute atomic E-state index is 9.25. The quantitative estimate of drug-likeness (QED) is 0.449. The molecule has 0 spiro atoms. The van der Waals surface area contributed by atoms with E-state index in [1.54, 1.807) is 0 Å². The summed E-state index contributed by atoms with van der Waals surface area (Å²) in [4.78, 5) is 9.25. The molecule has 0 heterocycles. The predicted molar refractivity (Wildman–Crippen MR) is 46.5 cm³/mol. The molecule has 4 heteroatoms. The maximum atomic E-state index is 9.25. The Hall–Kier alpha value is -0.820. The Labute approximate surface area is 74.5 Å². The number of unbranched alkanes of at least 4 members (excludes halogenated alkanes) is 1. The van der Waals surface area contributed by atoms with Crippen molar-refractivity contribution in [3.63, 3.8) is 0 Å². The van der Waals surface area contributed by atoms with Crippen LogP contribution in [0.3, 0.4) is 0 Å². The van der Waals surface area contributed by atoms with Gasteiger partial charge in [-0.1, -0.05) is 22.5 Å². The number of nitriles is 1. The number of alkyl halides is 1. The number of carboxylic acids is 1. The maximum Gasteiger partial charge on any atom is 0.327 e. The first-order valence-electron chi connectivity index (χ1n) is 2.97. The molecule has 0 aliphatic heterocycles. The molecule has 11 heavy (non-hydrogen) atoms. The minimum Gasteiger partial charge on any atom is -0.478 e. The lowest BCUT2D eigenvalue weighted by atomic mass is 10.4. The molecule has 0 aliphatic carbocycles. The minimum atomic E-state index is -0.981. The van der Waals surface area contributed by atoms with Crippen LogP contribution in [0.15, 0.2) is 12.7 Å². The van der Waals surface area contributed by atoms with Gasteiger partial charge in [-0.3, -0.25) is 0 Å². The normalized spacial score (nSPS) is 6.91. The van der Waals surface area contributed by atoms with Crippen molar-refractivity contribution >= 4 is 21.9 Å². The Morgan fingerprint density at radius 2 is 2.27 bits per heavy atom. The van der Waals surface area contributed by atoms with E-state index < -0.39 is 5.97 Å². The highest BCUT2D eigenvalue weighted by atomic mass is 79.9. The Bertz CT molecular complexity index is 151. The van der Waals surface area contributed by atoms with E-state index in [9.17, 15) is 4.79 Å². The molecule has 0 unspecified atom stereocenters. The Kier molecular flexibility index (Phi) is 13.9. The lowest BCUT2D eigenvalue weighted by Crippen LogP contribution is -1.82. The molecule has 0 saturated carbocycles. The molecule has 3 nitrogen and oxygen atoms in total. The van der Waals surface area contributed by atoms with E-state index in [-0.39, 0.29) is 0 Å². The van der Waals surface area contributed by atoms with Crippen molar-refractivity contribution in [3.05, 3.63) is 12.7 Å². The van der Waals surface area contributed by atoms with E-state index in [0.717, 1.165) is 17.8 Å². The lowest BCUT2D eigenvalue weighted by molar-refractivity contribution is -0.131. The second kappa shape index (κ2) is 11.9. The zero-order chi connectivity index (χ0) is 9.11. The van der Waals surface area contributed by atoms with Crippen LogP contribution in [-0.4, -0.2) is 16.4 Å². The van der Waals surface area contributed by atoms with E-state index in [0.29, 0.717) is 6.42 Å². The first kappa shape index (κ1) is 12.8. The standard InChI is InChI=1S/C4H6BrN.C3H4O2/c5-3-1-2-4-6;1-2-3(4)5/h1-3H2;2H,1H2,(H,4,5). The number of nitrogens with zero attached hydrogens (tertiary/aromatic N) is 1. The summed E-state index contributed by atoms with van der Waals surface area (Å²) in [5, 5.41) is 16.5. The van der Waals surface area contributed by atoms with Gasteiger partial charge in [-0.2, -0.15) is 5.26 Å². The van der Waals surface area contributed by atoms with E-state index in [2.05, 4.69) is 22.5 Å². The average molecular weight is 220 g/mol. The average Bonchev–Trinajstić information content (AvgIpc) is 2.02. The van der Waals surface area contributed by atoms with Gasteiger partial charge in [-0.15, -0.1) is 0 Å². The first-order valence-corrected chi connectivity index (χ1v) is 4.09. The minimum absolute atomic E-state index is 0.672. The fraction of sp³-hybridized carbons (Fsp3) is 0.429. The van der Waals surface area contributed by atoms with E-state index in [1.165, 1.54) is 0 Å². The van der Waals surface area contributed by atoms with Crippen molar-refractivity contribution < 1.29 is 9.90 Å². The fourth-order valence-electron chi connectivity index (χ4n) is 0.146. The van der Waals surface area contributed by atoms with Crippen LogP contribution < -0.4 is 0 Å². The smallest absolute Gasteiger partial charge is 0.327 e. The molecule has 0 aliphatic rings. The third kappa shape index (κ3) is 27.1.